The molecule has 8 heteroatoms. The minimum Gasteiger partial charge on any atom is -0.486 e. The first kappa shape index (κ1) is 18.9. The number of benzene rings is 1. The number of rotatable bonds is 7. The van der Waals surface area contributed by atoms with Gasteiger partial charge < -0.3 is 10.1 Å². The second-order valence-electron chi connectivity index (χ2n) is 7.62. The highest BCUT2D eigenvalue weighted by Gasteiger charge is 2.68. The van der Waals surface area contributed by atoms with Gasteiger partial charge in [-0.15, -0.1) is 11.3 Å². The molecule has 0 spiro atoms. The lowest BCUT2D eigenvalue weighted by molar-refractivity contribution is -0.162. The van der Waals surface area contributed by atoms with E-state index in [2.05, 4.69) is 5.32 Å². The summed E-state index contributed by atoms with van der Waals surface area (Å²) in [6.07, 6.45) is 2.63. The number of amides is 1. The fraction of sp³-hybridized carbons (Fsp3) is 0.350. The molecule has 2 aromatic rings. The number of hydrogen-bond acceptors (Lipinski definition) is 5. The third kappa shape index (κ3) is 3.38. The van der Waals surface area contributed by atoms with Crippen LogP contribution in [0.3, 0.4) is 0 Å². The van der Waals surface area contributed by atoms with Crippen molar-refractivity contribution in [1.82, 2.24) is 5.32 Å². The molecule has 0 aliphatic heterocycles. The van der Waals surface area contributed by atoms with Crippen LogP contribution in [0.2, 0.25) is 5.02 Å². The third-order valence-electron chi connectivity index (χ3n) is 5.37. The lowest BCUT2D eigenvalue weighted by Crippen LogP contribution is -2.75. The first-order chi connectivity index (χ1) is 13.3. The molecular weight excluding hydrogens is 403 g/mol. The summed E-state index contributed by atoms with van der Waals surface area (Å²) in [4.78, 5) is 25.0. The quantitative estimate of drug-likeness (QED) is 0.734. The lowest BCUT2D eigenvalue weighted by Gasteiger charge is -2.70. The number of carbonyl (C=O) groups excluding carboxylic acids is 2. The number of ketones is 1. The number of Topliss-reactive ketones (excluding diaryl/α,β-unsaturated/α-hetero) is 1. The van der Waals surface area contributed by atoms with Gasteiger partial charge in [-0.25, -0.2) is 4.39 Å². The fourth-order valence-electron chi connectivity index (χ4n) is 4.39. The Labute approximate surface area is 170 Å². The molecule has 3 saturated carbocycles. The Bertz CT molecular complexity index is 993. The van der Waals surface area contributed by atoms with E-state index in [4.69, 9.17) is 21.6 Å². The fourth-order valence-corrected chi connectivity index (χ4v) is 5.25. The molecule has 2 bridgehead atoms. The summed E-state index contributed by atoms with van der Waals surface area (Å²) in [6.45, 7) is -0.122. The summed E-state index contributed by atoms with van der Waals surface area (Å²) >= 11 is 6.87. The van der Waals surface area contributed by atoms with Gasteiger partial charge in [-0.2, -0.15) is 5.26 Å². The number of nitriles is 1. The Hall–Kier alpha value is -2.43. The van der Waals surface area contributed by atoms with Gasteiger partial charge in [0.2, 0.25) is 0 Å². The zero-order valence-electron chi connectivity index (χ0n) is 14.8. The second-order valence-corrected chi connectivity index (χ2v) is 8.94. The van der Waals surface area contributed by atoms with Crippen LogP contribution < -0.4 is 10.1 Å². The lowest BCUT2D eigenvalue weighted by atomic mass is 9.38. The van der Waals surface area contributed by atoms with E-state index in [0.717, 1.165) is 25.3 Å². The molecule has 144 valence electrons. The van der Waals surface area contributed by atoms with Crippen molar-refractivity contribution in [2.75, 3.05) is 6.61 Å². The minimum absolute atomic E-state index is 0.00401. The van der Waals surface area contributed by atoms with E-state index in [1.54, 1.807) is 11.4 Å². The van der Waals surface area contributed by atoms with E-state index in [1.165, 1.54) is 23.5 Å². The Kier molecular flexibility index (Phi) is 4.64. The predicted molar refractivity (Wildman–Crippen MR) is 102 cm³/mol. The van der Waals surface area contributed by atoms with Crippen molar-refractivity contribution >= 4 is 34.6 Å². The Balaban J connectivity index is 1.25. The van der Waals surface area contributed by atoms with Gasteiger partial charge in [-0.3, -0.25) is 9.59 Å². The van der Waals surface area contributed by atoms with Gasteiger partial charge in [-0.1, -0.05) is 11.6 Å². The molecular formula is C20H16ClFN2O3S. The van der Waals surface area contributed by atoms with Gasteiger partial charge in [0.05, 0.1) is 10.6 Å². The molecule has 3 aliphatic rings. The van der Waals surface area contributed by atoms with Gasteiger partial charge in [-0.05, 0) is 48.3 Å². The van der Waals surface area contributed by atoms with Crippen molar-refractivity contribution < 1.29 is 18.7 Å². The SMILES string of the molecule is N#Cc1ccsc1C(=O)NC12CC(CC(=O)COc3ccc(Cl)c(F)c3)(C1)C2. The van der Waals surface area contributed by atoms with Crippen molar-refractivity contribution in [3.63, 3.8) is 0 Å². The number of nitrogens with one attached hydrogen (secondary N) is 1. The van der Waals surface area contributed by atoms with E-state index in [-0.39, 0.29) is 40.0 Å². The van der Waals surface area contributed by atoms with Gasteiger partial charge >= 0.3 is 0 Å². The first-order valence-electron chi connectivity index (χ1n) is 8.73. The van der Waals surface area contributed by atoms with Gasteiger partial charge in [0.25, 0.3) is 5.91 Å². The van der Waals surface area contributed by atoms with E-state index >= 15 is 0 Å². The van der Waals surface area contributed by atoms with E-state index in [1.807, 2.05) is 6.07 Å². The molecule has 5 rings (SSSR count). The van der Waals surface area contributed by atoms with E-state index < -0.39 is 5.82 Å². The molecule has 1 aromatic carbocycles. The molecule has 5 nitrogen and oxygen atoms in total. The normalized spacial score (nSPS) is 24.5. The maximum Gasteiger partial charge on any atom is 0.263 e. The number of nitrogens with zero attached hydrogens (tertiary/aromatic N) is 1. The second kappa shape index (κ2) is 6.87. The monoisotopic (exact) mass is 418 g/mol. The van der Waals surface area contributed by atoms with Crippen LogP contribution in [0.4, 0.5) is 4.39 Å². The van der Waals surface area contributed by atoms with Crippen molar-refractivity contribution in [2.45, 2.75) is 31.2 Å². The summed E-state index contributed by atoms with van der Waals surface area (Å²) in [5.74, 6) is -0.603. The van der Waals surface area contributed by atoms with E-state index in [9.17, 15) is 14.0 Å². The summed E-state index contributed by atoms with van der Waals surface area (Å²) in [6, 6.07) is 7.71. The molecule has 3 fully saturated rings. The minimum atomic E-state index is -0.589. The van der Waals surface area contributed by atoms with Crippen LogP contribution in [0.1, 0.15) is 40.9 Å². The molecule has 0 radical (unpaired) electrons. The number of halogens is 2. The van der Waals surface area contributed by atoms with Crippen LogP contribution in [0, 0.1) is 22.6 Å². The highest BCUT2D eigenvalue weighted by Crippen LogP contribution is 2.69. The summed E-state index contributed by atoms with van der Waals surface area (Å²) < 4.78 is 18.7. The molecule has 0 atom stereocenters. The van der Waals surface area contributed by atoms with Crippen molar-refractivity contribution in [2.24, 2.45) is 5.41 Å². The number of ether oxygens (including phenoxy) is 1. The predicted octanol–water partition coefficient (Wildman–Crippen LogP) is 4.10. The Morgan fingerprint density at radius 2 is 2.07 bits per heavy atom. The largest absolute Gasteiger partial charge is 0.486 e. The average molecular weight is 419 g/mol. The molecule has 28 heavy (non-hydrogen) atoms. The molecule has 1 amide bonds. The molecule has 1 heterocycles. The van der Waals surface area contributed by atoms with Crippen LogP contribution in [0.5, 0.6) is 5.75 Å². The average Bonchev–Trinajstić information content (AvgIpc) is 3.08. The smallest absolute Gasteiger partial charge is 0.263 e. The zero-order chi connectivity index (χ0) is 19.9. The maximum atomic E-state index is 13.4. The molecule has 0 unspecified atom stereocenters. The highest BCUT2D eigenvalue weighted by molar-refractivity contribution is 7.12. The molecule has 0 saturated heterocycles. The topological polar surface area (TPSA) is 79.2 Å². The maximum absolute atomic E-state index is 13.4. The Morgan fingerprint density at radius 1 is 1.32 bits per heavy atom. The van der Waals surface area contributed by atoms with Gasteiger partial charge in [0.1, 0.15) is 29.1 Å². The van der Waals surface area contributed by atoms with Crippen LogP contribution >= 0.6 is 22.9 Å². The zero-order valence-corrected chi connectivity index (χ0v) is 16.3. The summed E-state index contributed by atoms with van der Waals surface area (Å²) in [7, 11) is 0. The van der Waals surface area contributed by atoms with Crippen LogP contribution in [0.25, 0.3) is 0 Å². The van der Waals surface area contributed by atoms with Crippen molar-refractivity contribution in [3.8, 4) is 11.8 Å². The van der Waals surface area contributed by atoms with Crippen LogP contribution in [-0.4, -0.2) is 23.8 Å². The van der Waals surface area contributed by atoms with Crippen LogP contribution in [-0.2, 0) is 4.79 Å². The Morgan fingerprint density at radius 3 is 2.75 bits per heavy atom. The summed E-state index contributed by atoms with van der Waals surface area (Å²) in [5, 5.41) is 13.8. The van der Waals surface area contributed by atoms with Crippen molar-refractivity contribution in [1.29, 1.82) is 5.26 Å². The number of carbonyl (C=O) groups is 2. The number of hydrogen-bond donors (Lipinski definition) is 1. The summed E-state index contributed by atoms with van der Waals surface area (Å²) in [5.41, 5.74) is 0.0514. The molecule has 1 N–H and O–H groups in total. The number of thiophene rings is 1. The van der Waals surface area contributed by atoms with E-state index in [0.29, 0.717) is 16.9 Å². The molecule has 3 aliphatic carbocycles. The van der Waals surface area contributed by atoms with Crippen molar-refractivity contribution in [3.05, 3.63) is 50.9 Å². The third-order valence-corrected chi connectivity index (χ3v) is 6.59. The van der Waals surface area contributed by atoms with Crippen LogP contribution in [0.15, 0.2) is 29.6 Å². The van der Waals surface area contributed by atoms with Gasteiger partial charge in [0.15, 0.2) is 5.78 Å². The standard InChI is InChI=1S/C20H16ClFN2O3S/c21-15-2-1-14(5-16(15)22)27-8-13(25)6-19-9-20(10-19,11-19)24-18(26)17-12(7-23)3-4-28-17/h1-5H,6,8-11H2,(H,24,26). The molecule has 1 aromatic heterocycles. The highest BCUT2D eigenvalue weighted by atomic mass is 35.5. The van der Waals surface area contributed by atoms with Gasteiger partial charge in [0, 0.05) is 18.0 Å². The first-order valence-corrected chi connectivity index (χ1v) is 9.99.